The van der Waals surface area contributed by atoms with Gasteiger partial charge in [0, 0.05) is 18.9 Å². The third-order valence-electron chi connectivity index (χ3n) is 2.24. The van der Waals surface area contributed by atoms with E-state index in [4.69, 9.17) is 4.74 Å². The van der Waals surface area contributed by atoms with E-state index in [9.17, 15) is 0 Å². The molecule has 0 unspecified atom stereocenters. The fourth-order valence-corrected chi connectivity index (χ4v) is 1.41. The summed E-state index contributed by atoms with van der Waals surface area (Å²) in [6, 6.07) is 13.8. The minimum Gasteiger partial charge on any atom is -0.380 e. The molecule has 0 fully saturated rings. The van der Waals surface area contributed by atoms with Crippen LogP contribution in [0.5, 0.6) is 0 Å². The van der Waals surface area contributed by atoms with Gasteiger partial charge in [0.2, 0.25) is 0 Å². The van der Waals surface area contributed by atoms with Gasteiger partial charge in [-0.3, -0.25) is 0 Å². The zero-order chi connectivity index (χ0) is 11.9. The van der Waals surface area contributed by atoms with Crippen LogP contribution in [0.15, 0.2) is 48.7 Å². The van der Waals surface area contributed by atoms with Crippen molar-refractivity contribution < 1.29 is 4.74 Å². The number of methoxy groups -OCH3 is 1. The molecule has 0 bridgehead atoms. The van der Waals surface area contributed by atoms with Gasteiger partial charge in [0.15, 0.2) is 0 Å². The van der Waals surface area contributed by atoms with E-state index in [1.807, 2.05) is 42.5 Å². The summed E-state index contributed by atoms with van der Waals surface area (Å²) in [6.45, 7) is 0.583. The van der Waals surface area contributed by atoms with Crippen molar-refractivity contribution in [3.63, 3.8) is 0 Å². The molecule has 1 aromatic carbocycles. The van der Waals surface area contributed by atoms with E-state index in [0.717, 1.165) is 16.8 Å². The highest BCUT2D eigenvalue weighted by atomic mass is 16.5. The van der Waals surface area contributed by atoms with E-state index in [2.05, 4.69) is 16.8 Å². The first kappa shape index (κ1) is 11.4. The normalized spacial score (nSPS) is 9.47. The van der Waals surface area contributed by atoms with Gasteiger partial charge in [0.05, 0.1) is 6.61 Å². The highest BCUT2D eigenvalue weighted by Gasteiger charge is 1.92. The predicted octanol–water partition coefficient (Wildman–Crippen LogP) is 2.63. The number of ether oxygens (including phenoxy) is 1. The molecule has 2 aromatic rings. The van der Waals surface area contributed by atoms with Gasteiger partial charge in [-0.1, -0.05) is 30.2 Å². The maximum absolute atomic E-state index is 5.02. The SMILES string of the molecule is COCc1ccc(C#Cc2ccccc2)nc1. The summed E-state index contributed by atoms with van der Waals surface area (Å²) >= 11 is 0. The van der Waals surface area contributed by atoms with Crippen LogP contribution in [0.4, 0.5) is 0 Å². The van der Waals surface area contributed by atoms with Gasteiger partial charge >= 0.3 is 0 Å². The molecule has 0 aliphatic heterocycles. The molecule has 1 heterocycles. The van der Waals surface area contributed by atoms with Crippen molar-refractivity contribution in [2.75, 3.05) is 7.11 Å². The van der Waals surface area contributed by atoms with E-state index in [0.29, 0.717) is 6.61 Å². The molecule has 0 radical (unpaired) electrons. The van der Waals surface area contributed by atoms with Crippen LogP contribution < -0.4 is 0 Å². The Kier molecular flexibility index (Phi) is 3.90. The second-order valence-corrected chi connectivity index (χ2v) is 3.60. The number of aromatic nitrogens is 1. The molecule has 17 heavy (non-hydrogen) atoms. The Labute approximate surface area is 101 Å². The first-order valence-electron chi connectivity index (χ1n) is 5.39. The van der Waals surface area contributed by atoms with Crippen LogP contribution in [0.3, 0.4) is 0 Å². The minimum absolute atomic E-state index is 0.583. The number of pyridine rings is 1. The van der Waals surface area contributed by atoms with Crippen LogP contribution in [0.25, 0.3) is 0 Å². The molecule has 0 N–H and O–H groups in total. The smallest absolute Gasteiger partial charge is 0.113 e. The highest BCUT2D eigenvalue weighted by Crippen LogP contribution is 2.01. The van der Waals surface area contributed by atoms with Gasteiger partial charge in [-0.05, 0) is 29.7 Å². The van der Waals surface area contributed by atoms with E-state index in [-0.39, 0.29) is 0 Å². The molecule has 0 aliphatic rings. The third kappa shape index (κ3) is 3.44. The first-order valence-corrected chi connectivity index (χ1v) is 5.39. The molecule has 84 valence electrons. The summed E-state index contributed by atoms with van der Waals surface area (Å²) in [6.07, 6.45) is 1.79. The van der Waals surface area contributed by atoms with Gasteiger partial charge in [0.1, 0.15) is 5.69 Å². The highest BCUT2D eigenvalue weighted by molar-refractivity contribution is 5.39. The third-order valence-corrected chi connectivity index (χ3v) is 2.24. The molecule has 0 saturated carbocycles. The quantitative estimate of drug-likeness (QED) is 0.730. The molecule has 0 amide bonds. The van der Waals surface area contributed by atoms with Crippen LogP contribution in [0, 0.1) is 11.8 Å². The number of hydrogen-bond donors (Lipinski definition) is 0. The maximum atomic E-state index is 5.02. The predicted molar refractivity (Wildman–Crippen MR) is 67.4 cm³/mol. The Morgan fingerprint density at radius 3 is 2.53 bits per heavy atom. The molecular formula is C15H13NO. The number of nitrogens with zero attached hydrogens (tertiary/aromatic N) is 1. The Hall–Kier alpha value is -2.11. The Morgan fingerprint density at radius 2 is 1.88 bits per heavy atom. The van der Waals surface area contributed by atoms with Crippen molar-refractivity contribution in [3.8, 4) is 11.8 Å². The average Bonchev–Trinajstić information content (AvgIpc) is 2.40. The summed E-state index contributed by atoms with van der Waals surface area (Å²) in [7, 11) is 1.67. The summed E-state index contributed by atoms with van der Waals surface area (Å²) in [5.41, 5.74) is 2.82. The molecule has 1 aromatic heterocycles. The molecule has 2 nitrogen and oxygen atoms in total. The molecule has 0 aliphatic carbocycles. The van der Waals surface area contributed by atoms with Crippen LogP contribution in [0.1, 0.15) is 16.8 Å². The standard InChI is InChI=1S/C15H13NO/c1-17-12-14-8-10-15(16-11-14)9-7-13-5-3-2-4-6-13/h2-6,8,10-11H,12H2,1H3. The molecule has 0 saturated heterocycles. The monoisotopic (exact) mass is 223 g/mol. The van der Waals surface area contributed by atoms with Crippen LogP contribution in [-0.4, -0.2) is 12.1 Å². The van der Waals surface area contributed by atoms with Gasteiger partial charge < -0.3 is 4.74 Å². The van der Waals surface area contributed by atoms with E-state index in [1.54, 1.807) is 13.3 Å². The summed E-state index contributed by atoms with van der Waals surface area (Å²) < 4.78 is 5.02. The molecule has 0 atom stereocenters. The minimum atomic E-state index is 0.583. The maximum Gasteiger partial charge on any atom is 0.113 e. The number of hydrogen-bond acceptors (Lipinski definition) is 2. The van der Waals surface area contributed by atoms with E-state index >= 15 is 0 Å². The fraction of sp³-hybridized carbons (Fsp3) is 0.133. The molecule has 0 spiro atoms. The Balaban J connectivity index is 2.12. The zero-order valence-electron chi connectivity index (χ0n) is 9.68. The summed E-state index contributed by atoms with van der Waals surface area (Å²) in [4.78, 5) is 4.26. The topological polar surface area (TPSA) is 22.1 Å². The van der Waals surface area contributed by atoms with Gasteiger partial charge in [-0.15, -0.1) is 0 Å². The fourth-order valence-electron chi connectivity index (χ4n) is 1.41. The van der Waals surface area contributed by atoms with Gasteiger partial charge in [0.25, 0.3) is 0 Å². The number of rotatable bonds is 2. The second kappa shape index (κ2) is 5.83. The van der Waals surface area contributed by atoms with Crippen molar-refractivity contribution in [2.45, 2.75) is 6.61 Å². The van der Waals surface area contributed by atoms with E-state index in [1.165, 1.54) is 0 Å². The van der Waals surface area contributed by atoms with Crippen LogP contribution >= 0.6 is 0 Å². The van der Waals surface area contributed by atoms with Crippen molar-refractivity contribution in [1.82, 2.24) is 4.98 Å². The van der Waals surface area contributed by atoms with Crippen molar-refractivity contribution in [2.24, 2.45) is 0 Å². The van der Waals surface area contributed by atoms with Gasteiger partial charge in [-0.2, -0.15) is 0 Å². The zero-order valence-corrected chi connectivity index (χ0v) is 9.68. The van der Waals surface area contributed by atoms with Crippen LogP contribution in [-0.2, 0) is 11.3 Å². The lowest BCUT2D eigenvalue weighted by atomic mass is 10.2. The lowest BCUT2D eigenvalue weighted by Gasteiger charge is -1.97. The van der Waals surface area contributed by atoms with Crippen molar-refractivity contribution in [3.05, 3.63) is 65.5 Å². The Bertz CT molecular complexity index is 520. The molecular weight excluding hydrogens is 210 g/mol. The van der Waals surface area contributed by atoms with Gasteiger partial charge in [-0.25, -0.2) is 4.98 Å². The average molecular weight is 223 g/mol. The summed E-state index contributed by atoms with van der Waals surface area (Å²) in [5.74, 6) is 6.10. The lowest BCUT2D eigenvalue weighted by molar-refractivity contribution is 0.184. The van der Waals surface area contributed by atoms with E-state index < -0.39 is 0 Å². The van der Waals surface area contributed by atoms with Crippen molar-refractivity contribution >= 4 is 0 Å². The Morgan fingerprint density at radius 1 is 1.06 bits per heavy atom. The van der Waals surface area contributed by atoms with Crippen LogP contribution in [0.2, 0.25) is 0 Å². The first-order chi connectivity index (χ1) is 8.38. The molecule has 2 heteroatoms. The number of benzene rings is 1. The van der Waals surface area contributed by atoms with Crippen molar-refractivity contribution in [1.29, 1.82) is 0 Å². The summed E-state index contributed by atoms with van der Waals surface area (Å²) in [5, 5.41) is 0. The largest absolute Gasteiger partial charge is 0.380 e. The second-order valence-electron chi connectivity index (χ2n) is 3.60. The lowest BCUT2D eigenvalue weighted by Crippen LogP contribution is -1.90. The molecule has 2 rings (SSSR count).